The van der Waals surface area contributed by atoms with Gasteiger partial charge in [0.25, 0.3) is 0 Å². The van der Waals surface area contributed by atoms with Gasteiger partial charge in [0.2, 0.25) is 0 Å². The summed E-state index contributed by atoms with van der Waals surface area (Å²) in [4.78, 5) is 0. The van der Waals surface area contributed by atoms with E-state index in [9.17, 15) is 0 Å². The van der Waals surface area contributed by atoms with Gasteiger partial charge in [-0.05, 0) is 119 Å². The minimum atomic E-state index is 0.0227. The van der Waals surface area contributed by atoms with Crippen molar-refractivity contribution in [1.29, 1.82) is 0 Å². The smallest absolute Gasteiger partial charge is 0.0426 e. The van der Waals surface area contributed by atoms with Gasteiger partial charge < -0.3 is 5.32 Å². The summed E-state index contributed by atoms with van der Waals surface area (Å²) in [5.74, 6) is 1.46. The second kappa shape index (κ2) is 10.2. The van der Waals surface area contributed by atoms with Crippen LogP contribution >= 0.6 is 0 Å². The third kappa shape index (κ3) is 4.22. The Morgan fingerprint density at radius 3 is 2.10 bits per heavy atom. The highest BCUT2D eigenvalue weighted by molar-refractivity contribution is 5.85. The molecule has 2 bridgehead atoms. The Morgan fingerprint density at radius 2 is 1.26 bits per heavy atom. The van der Waals surface area contributed by atoms with Crippen LogP contribution in [0.15, 0.2) is 133 Å². The van der Waals surface area contributed by atoms with Crippen molar-refractivity contribution in [2.75, 3.05) is 5.32 Å². The molecule has 42 heavy (non-hydrogen) atoms. The summed E-state index contributed by atoms with van der Waals surface area (Å²) in [5.41, 5.74) is 14.8. The topological polar surface area (TPSA) is 12.0 Å². The van der Waals surface area contributed by atoms with Crippen molar-refractivity contribution in [2.24, 2.45) is 11.8 Å². The molecule has 4 aliphatic carbocycles. The van der Waals surface area contributed by atoms with Gasteiger partial charge in [-0.1, -0.05) is 110 Å². The second-order valence-corrected chi connectivity index (χ2v) is 12.7. The standard InChI is InChI=1S/C41H37N/c1-28-14-15-29-16-19-34(24-28)41(27-29)39-13-6-5-12-37(39)38-23-22-36(26-40(38)41)42-35-20-17-31(18-21-35)33-11-7-10-32(25-33)30-8-3-2-4-9-30/h2-13,17-18,20-26,28-29,42H,14-16,19,27H2,1H3/b34-24+. The molecule has 0 aliphatic heterocycles. The molecule has 4 aliphatic rings. The normalized spacial score (nSPS) is 23.4. The Morgan fingerprint density at radius 1 is 0.571 bits per heavy atom. The Kier molecular flexibility index (Phi) is 6.14. The third-order valence-corrected chi connectivity index (χ3v) is 10.1. The maximum absolute atomic E-state index is 3.76. The molecule has 1 fully saturated rings. The molecule has 1 saturated carbocycles. The lowest BCUT2D eigenvalue weighted by atomic mass is 9.59. The Labute approximate surface area is 250 Å². The molecule has 1 N–H and O–H groups in total. The van der Waals surface area contributed by atoms with Crippen LogP contribution in [0.25, 0.3) is 33.4 Å². The van der Waals surface area contributed by atoms with Crippen molar-refractivity contribution in [3.63, 3.8) is 0 Å². The lowest BCUT2D eigenvalue weighted by Crippen LogP contribution is -2.36. The highest BCUT2D eigenvalue weighted by atomic mass is 14.9. The number of hydrogen-bond acceptors (Lipinski definition) is 1. The maximum Gasteiger partial charge on any atom is 0.0426 e. The van der Waals surface area contributed by atoms with Gasteiger partial charge in [-0.2, -0.15) is 0 Å². The lowest BCUT2D eigenvalue weighted by molar-refractivity contribution is 0.281. The van der Waals surface area contributed by atoms with E-state index in [4.69, 9.17) is 0 Å². The molecule has 206 valence electrons. The monoisotopic (exact) mass is 543 g/mol. The SMILES string of the molecule is CC1/C=C2\CCC(CC1)CC21c2ccccc2-c2ccc(Nc3ccc(-c4cccc(-c5ccccc5)c4)cc3)cc21. The number of hydrogen-bond donors (Lipinski definition) is 1. The molecular formula is C41H37N. The lowest BCUT2D eigenvalue weighted by Gasteiger charge is -2.45. The summed E-state index contributed by atoms with van der Waals surface area (Å²) in [6.07, 6.45) is 9.14. The molecule has 0 saturated heterocycles. The van der Waals surface area contributed by atoms with Crippen LogP contribution in [-0.2, 0) is 5.41 Å². The van der Waals surface area contributed by atoms with E-state index in [0.29, 0.717) is 5.92 Å². The minimum absolute atomic E-state index is 0.0227. The quantitative estimate of drug-likeness (QED) is 0.222. The number of rotatable bonds is 4. The fraction of sp³-hybridized carbons (Fsp3) is 0.220. The molecule has 3 unspecified atom stereocenters. The second-order valence-electron chi connectivity index (χ2n) is 12.7. The van der Waals surface area contributed by atoms with Gasteiger partial charge in [-0.15, -0.1) is 0 Å². The molecule has 0 amide bonds. The van der Waals surface area contributed by atoms with Crippen LogP contribution < -0.4 is 5.32 Å². The molecule has 0 radical (unpaired) electrons. The van der Waals surface area contributed by atoms with Crippen LogP contribution in [-0.4, -0.2) is 0 Å². The number of anilines is 2. The summed E-state index contributed by atoms with van der Waals surface area (Å²) in [7, 11) is 0. The third-order valence-electron chi connectivity index (χ3n) is 10.1. The molecular weight excluding hydrogens is 506 g/mol. The van der Waals surface area contributed by atoms with Crippen molar-refractivity contribution < 1.29 is 0 Å². The van der Waals surface area contributed by atoms with E-state index >= 15 is 0 Å². The van der Waals surface area contributed by atoms with Crippen molar-refractivity contribution in [2.45, 2.75) is 44.4 Å². The number of benzene rings is 5. The summed E-state index contributed by atoms with van der Waals surface area (Å²) in [6, 6.07) is 44.6. The predicted octanol–water partition coefficient (Wildman–Crippen LogP) is 11.2. The molecule has 0 aromatic heterocycles. The van der Waals surface area contributed by atoms with Crippen LogP contribution in [0, 0.1) is 11.8 Å². The highest BCUT2D eigenvalue weighted by Crippen LogP contribution is 2.60. The van der Waals surface area contributed by atoms with Crippen LogP contribution in [0.2, 0.25) is 0 Å². The number of nitrogens with one attached hydrogen (secondary N) is 1. The van der Waals surface area contributed by atoms with Gasteiger partial charge >= 0.3 is 0 Å². The van der Waals surface area contributed by atoms with Gasteiger partial charge in [0.05, 0.1) is 0 Å². The summed E-state index contributed by atoms with van der Waals surface area (Å²) >= 11 is 0. The van der Waals surface area contributed by atoms with Gasteiger partial charge in [0.15, 0.2) is 0 Å². The van der Waals surface area contributed by atoms with E-state index in [1.165, 1.54) is 82.3 Å². The fourth-order valence-electron chi connectivity index (χ4n) is 8.07. The van der Waals surface area contributed by atoms with E-state index in [1.807, 2.05) is 0 Å². The van der Waals surface area contributed by atoms with Crippen molar-refractivity contribution in [1.82, 2.24) is 0 Å². The first-order valence-electron chi connectivity index (χ1n) is 15.7. The zero-order chi connectivity index (χ0) is 28.1. The van der Waals surface area contributed by atoms with Crippen molar-refractivity contribution in [3.05, 3.63) is 144 Å². The predicted molar refractivity (Wildman–Crippen MR) is 177 cm³/mol. The van der Waals surface area contributed by atoms with E-state index in [0.717, 1.165) is 11.6 Å². The average Bonchev–Trinajstić information content (AvgIpc) is 3.30. The van der Waals surface area contributed by atoms with Crippen molar-refractivity contribution >= 4 is 11.4 Å². The van der Waals surface area contributed by atoms with Gasteiger partial charge in [-0.25, -0.2) is 0 Å². The Balaban J connectivity index is 1.13. The summed E-state index contributed by atoms with van der Waals surface area (Å²) in [6.45, 7) is 2.42. The van der Waals surface area contributed by atoms with Gasteiger partial charge in [0.1, 0.15) is 0 Å². The molecule has 5 aromatic rings. The Hall–Kier alpha value is -4.36. The van der Waals surface area contributed by atoms with Crippen molar-refractivity contribution in [3.8, 4) is 33.4 Å². The van der Waals surface area contributed by atoms with E-state index in [-0.39, 0.29) is 5.41 Å². The summed E-state index contributed by atoms with van der Waals surface area (Å²) in [5, 5.41) is 3.76. The van der Waals surface area contributed by atoms with E-state index in [1.54, 1.807) is 5.57 Å². The zero-order valence-corrected chi connectivity index (χ0v) is 24.3. The van der Waals surface area contributed by atoms with Crippen LogP contribution in [0.5, 0.6) is 0 Å². The molecule has 0 heterocycles. The number of allylic oxidation sites excluding steroid dienone is 2. The minimum Gasteiger partial charge on any atom is -0.356 e. The average molecular weight is 544 g/mol. The fourth-order valence-corrected chi connectivity index (χ4v) is 8.07. The first-order valence-corrected chi connectivity index (χ1v) is 15.7. The van der Waals surface area contributed by atoms with Gasteiger partial charge in [-0.3, -0.25) is 0 Å². The molecule has 1 nitrogen and oxygen atoms in total. The molecule has 1 heteroatoms. The van der Waals surface area contributed by atoms with Crippen LogP contribution in [0.4, 0.5) is 11.4 Å². The molecule has 3 atom stereocenters. The Bertz CT molecular complexity index is 1800. The number of fused-ring (bicyclic) bond motifs is 7. The summed E-state index contributed by atoms with van der Waals surface area (Å²) < 4.78 is 0. The molecule has 9 rings (SSSR count). The van der Waals surface area contributed by atoms with E-state index < -0.39 is 0 Å². The van der Waals surface area contributed by atoms with Gasteiger partial charge in [0, 0.05) is 16.8 Å². The molecule has 1 spiro atoms. The highest BCUT2D eigenvalue weighted by Gasteiger charge is 2.49. The zero-order valence-electron chi connectivity index (χ0n) is 24.3. The maximum atomic E-state index is 3.76. The van der Waals surface area contributed by atoms with Crippen LogP contribution in [0.1, 0.15) is 50.2 Å². The van der Waals surface area contributed by atoms with E-state index in [2.05, 4.69) is 140 Å². The first kappa shape index (κ1) is 25.4. The van der Waals surface area contributed by atoms with Crippen LogP contribution in [0.3, 0.4) is 0 Å². The first-order chi connectivity index (χ1) is 20.7. The largest absolute Gasteiger partial charge is 0.356 e. The molecule has 5 aromatic carbocycles.